The summed E-state index contributed by atoms with van der Waals surface area (Å²) in [6.45, 7) is 11.3. The van der Waals surface area contributed by atoms with Gasteiger partial charge in [0.05, 0.1) is 11.3 Å². The molecule has 1 aromatic rings. The molecule has 0 saturated heterocycles. The highest BCUT2D eigenvalue weighted by molar-refractivity contribution is 5.35. The number of hydrogen-bond acceptors (Lipinski definition) is 4. The Balaban J connectivity index is 2.44. The third-order valence-electron chi connectivity index (χ3n) is 3.31. The smallest absolute Gasteiger partial charge is 0.101 e. The Morgan fingerprint density at radius 1 is 1.32 bits per heavy atom. The zero-order chi connectivity index (χ0) is 14.1. The van der Waals surface area contributed by atoms with E-state index in [0.717, 1.165) is 50.4 Å². The van der Waals surface area contributed by atoms with Crippen LogP contribution < -0.4 is 5.32 Å². The predicted octanol–water partition coefficient (Wildman–Crippen LogP) is 1.95. The van der Waals surface area contributed by atoms with E-state index in [9.17, 15) is 0 Å². The monoisotopic (exact) mass is 260 g/mol. The second kappa shape index (κ2) is 8.63. The quantitative estimate of drug-likeness (QED) is 0.726. The molecule has 0 radical (unpaired) electrons. The summed E-state index contributed by atoms with van der Waals surface area (Å²) in [5.74, 6) is 0. The fraction of sp³-hybridized carbons (Fsp3) is 0.600. The fourth-order valence-corrected chi connectivity index (χ4v) is 2.02. The van der Waals surface area contributed by atoms with Gasteiger partial charge in [-0.05, 0) is 31.1 Å². The lowest BCUT2D eigenvalue weighted by atomic mass is 10.1. The van der Waals surface area contributed by atoms with Gasteiger partial charge in [0, 0.05) is 25.8 Å². The van der Waals surface area contributed by atoms with E-state index in [0.29, 0.717) is 5.56 Å². The first kappa shape index (κ1) is 15.6. The number of aryl methyl sites for hydroxylation is 1. The van der Waals surface area contributed by atoms with E-state index in [2.05, 4.69) is 35.1 Å². The van der Waals surface area contributed by atoms with Crippen molar-refractivity contribution in [3.8, 4) is 6.07 Å². The number of nitriles is 1. The molecule has 0 aliphatic carbocycles. The Morgan fingerprint density at radius 2 is 2.05 bits per heavy atom. The summed E-state index contributed by atoms with van der Waals surface area (Å²) >= 11 is 0. The van der Waals surface area contributed by atoms with Crippen molar-refractivity contribution in [3.05, 3.63) is 29.1 Å². The van der Waals surface area contributed by atoms with Crippen molar-refractivity contribution in [2.24, 2.45) is 0 Å². The van der Waals surface area contributed by atoms with Crippen molar-refractivity contribution >= 4 is 0 Å². The highest BCUT2D eigenvalue weighted by atomic mass is 15.1. The molecule has 0 aromatic carbocycles. The van der Waals surface area contributed by atoms with E-state index in [1.807, 2.05) is 19.2 Å². The average molecular weight is 260 g/mol. The maximum Gasteiger partial charge on any atom is 0.101 e. The van der Waals surface area contributed by atoms with E-state index in [1.165, 1.54) is 0 Å². The molecule has 0 aliphatic heterocycles. The molecular weight excluding hydrogens is 236 g/mol. The highest BCUT2D eigenvalue weighted by Crippen LogP contribution is 2.08. The first-order chi connectivity index (χ1) is 9.24. The molecular formula is C15H24N4. The lowest BCUT2D eigenvalue weighted by molar-refractivity contribution is 0.302. The normalized spacial score (nSPS) is 10.7. The molecule has 104 valence electrons. The maximum atomic E-state index is 9.07. The minimum atomic E-state index is 0.700. The molecule has 0 spiro atoms. The van der Waals surface area contributed by atoms with Crippen molar-refractivity contribution in [2.45, 2.75) is 33.7 Å². The Hall–Kier alpha value is -1.44. The lowest BCUT2D eigenvalue weighted by Gasteiger charge is -2.18. The van der Waals surface area contributed by atoms with Gasteiger partial charge in [0.2, 0.25) is 0 Å². The highest BCUT2D eigenvalue weighted by Gasteiger charge is 2.03. The number of rotatable bonds is 8. The van der Waals surface area contributed by atoms with E-state index in [1.54, 1.807) is 0 Å². The second-order valence-corrected chi connectivity index (χ2v) is 4.51. The summed E-state index contributed by atoms with van der Waals surface area (Å²) in [5.41, 5.74) is 2.66. The Bertz CT molecular complexity index is 419. The van der Waals surface area contributed by atoms with Gasteiger partial charge in [-0.1, -0.05) is 20.8 Å². The van der Waals surface area contributed by atoms with Gasteiger partial charge in [-0.2, -0.15) is 5.26 Å². The first-order valence-electron chi connectivity index (χ1n) is 7.06. The minimum Gasteiger partial charge on any atom is -0.311 e. The molecule has 0 fully saturated rings. The van der Waals surface area contributed by atoms with Gasteiger partial charge in [0.15, 0.2) is 0 Å². The van der Waals surface area contributed by atoms with E-state index < -0.39 is 0 Å². The molecule has 4 nitrogen and oxygen atoms in total. The largest absolute Gasteiger partial charge is 0.311 e. The number of aromatic nitrogens is 1. The van der Waals surface area contributed by atoms with Crippen LogP contribution in [0.4, 0.5) is 0 Å². The van der Waals surface area contributed by atoms with Crippen molar-refractivity contribution in [2.75, 3.05) is 26.2 Å². The second-order valence-electron chi connectivity index (χ2n) is 4.51. The summed E-state index contributed by atoms with van der Waals surface area (Å²) < 4.78 is 0. The van der Waals surface area contributed by atoms with Crippen LogP contribution in [0.1, 0.15) is 37.6 Å². The van der Waals surface area contributed by atoms with E-state index in [4.69, 9.17) is 5.26 Å². The van der Waals surface area contributed by atoms with Crippen molar-refractivity contribution in [1.29, 1.82) is 5.26 Å². The molecule has 0 amide bonds. The Labute approximate surface area is 116 Å². The summed E-state index contributed by atoms with van der Waals surface area (Å²) in [7, 11) is 0. The summed E-state index contributed by atoms with van der Waals surface area (Å²) in [6.07, 6.45) is 2.67. The molecule has 0 unspecified atom stereocenters. The van der Waals surface area contributed by atoms with Crippen molar-refractivity contribution in [1.82, 2.24) is 15.2 Å². The van der Waals surface area contributed by atoms with Gasteiger partial charge in [-0.25, -0.2) is 0 Å². The first-order valence-corrected chi connectivity index (χ1v) is 7.06. The summed E-state index contributed by atoms with van der Waals surface area (Å²) in [6, 6.07) is 4.16. The SMILES string of the molecule is CCc1ncc(CNCCN(CC)CC)cc1C#N. The average Bonchev–Trinajstić information content (AvgIpc) is 2.47. The number of nitrogens with one attached hydrogen (secondary N) is 1. The number of nitrogens with zero attached hydrogens (tertiary/aromatic N) is 3. The number of hydrogen-bond donors (Lipinski definition) is 1. The molecule has 0 atom stereocenters. The maximum absolute atomic E-state index is 9.07. The van der Waals surface area contributed by atoms with Crippen LogP contribution in [0.5, 0.6) is 0 Å². The predicted molar refractivity (Wildman–Crippen MR) is 77.8 cm³/mol. The molecule has 0 saturated carbocycles. The van der Waals surface area contributed by atoms with Gasteiger partial charge < -0.3 is 10.2 Å². The third-order valence-corrected chi connectivity index (χ3v) is 3.31. The van der Waals surface area contributed by atoms with Gasteiger partial charge in [0.25, 0.3) is 0 Å². The van der Waals surface area contributed by atoms with Gasteiger partial charge >= 0.3 is 0 Å². The van der Waals surface area contributed by atoms with E-state index in [-0.39, 0.29) is 0 Å². The molecule has 4 heteroatoms. The molecule has 19 heavy (non-hydrogen) atoms. The Kier molecular flexibility index (Phi) is 7.09. The van der Waals surface area contributed by atoms with Crippen LogP contribution in [0.3, 0.4) is 0 Å². The standard InChI is InChI=1S/C15H24N4/c1-4-15-14(10-16)9-13(12-18-15)11-17-7-8-19(5-2)6-3/h9,12,17H,4-8,11H2,1-3H3. The van der Waals surface area contributed by atoms with Crippen LogP contribution in [-0.4, -0.2) is 36.1 Å². The van der Waals surface area contributed by atoms with Crippen molar-refractivity contribution in [3.63, 3.8) is 0 Å². The lowest BCUT2D eigenvalue weighted by Crippen LogP contribution is -2.31. The summed E-state index contributed by atoms with van der Waals surface area (Å²) in [5, 5.41) is 12.5. The minimum absolute atomic E-state index is 0.700. The van der Waals surface area contributed by atoms with Gasteiger partial charge in [-0.3, -0.25) is 4.98 Å². The van der Waals surface area contributed by atoms with Crippen LogP contribution in [-0.2, 0) is 13.0 Å². The van der Waals surface area contributed by atoms with Gasteiger partial charge in [0.1, 0.15) is 6.07 Å². The molecule has 0 aliphatic rings. The van der Waals surface area contributed by atoms with Crippen molar-refractivity contribution < 1.29 is 0 Å². The van der Waals surface area contributed by atoms with Crippen LogP contribution in [0, 0.1) is 11.3 Å². The van der Waals surface area contributed by atoms with Crippen LogP contribution in [0.15, 0.2) is 12.3 Å². The van der Waals surface area contributed by atoms with Crippen LogP contribution >= 0.6 is 0 Å². The Morgan fingerprint density at radius 3 is 2.63 bits per heavy atom. The number of pyridine rings is 1. The summed E-state index contributed by atoms with van der Waals surface area (Å²) in [4.78, 5) is 6.72. The number of likely N-dealkylation sites (N-methyl/N-ethyl adjacent to an activating group) is 1. The van der Waals surface area contributed by atoms with Crippen LogP contribution in [0.25, 0.3) is 0 Å². The molecule has 1 aromatic heterocycles. The fourth-order valence-electron chi connectivity index (χ4n) is 2.02. The van der Waals surface area contributed by atoms with Gasteiger partial charge in [-0.15, -0.1) is 0 Å². The zero-order valence-corrected chi connectivity index (χ0v) is 12.2. The zero-order valence-electron chi connectivity index (χ0n) is 12.2. The molecule has 1 heterocycles. The molecule has 0 bridgehead atoms. The molecule has 1 N–H and O–H groups in total. The topological polar surface area (TPSA) is 52.0 Å². The third kappa shape index (κ3) is 4.98. The molecule has 1 rings (SSSR count). The van der Waals surface area contributed by atoms with E-state index >= 15 is 0 Å². The van der Waals surface area contributed by atoms with Crippen LogP contribution in [0.2, 0.25) is 0 Å².